The molecule has 2 N–H and O–H groups in total. The van der Waals surface area contributed by atoms with Crippen LogP contribution in [0.3, 0.4) is 0 Å². The lowest BCUT2D eigenvalue weighted by molar-refractivity contribution is -0.115. The highest BCUT2D eigenvalue weighted by Gasteiger charge is 2.24. The van der Waals surface area contributed by atoms with Crippen LogP contribution in [0.1, 0.15) is 29.6 Å². The lowest BCUT2D eigenvalue weighted by atomic mass is 10.1. The topological polar surface area (TPSA) is 91.2 Å². The summed E-state index contributed by atoms with van der Waals surface area (Å²) in [6.07, 6.45) is 1.77. The monoisotopic (exact) mass is 273 g/mol. The number of nitrogens with zero attached hydrogens (tertiary/aromatic N) is 1. The molecule has 1 aromatic rings. The third kappa shape index (κ3) is 3.48. The van der Waals surface area contributed by atoms with Gasteiger partial charge in [0.15, 0.2) is 0 Å². The van der Waals surface area contributed by atoms with Crippen molar-refractivity contribution < 1.29 is 14.3 Å². The molecule has 1 aliphatic carbocycles. The average molecular weight is 273 g/mol. The van der Waals surface area contributed by atoms with Crippen LogP contribution in [-0.2, 0) is 4.79 Å². The SMILES string of the molecule is COc1ccc(C(=O)NC2CC2)cc1NC(=O)CC#N. The second-order valence-corrected chi connectivity index (χ2v) is 4.55. The summed E-state index contributed by atoms with van der Waals surface area (Å²) in [5.74, 6) is -0.171. The average Bonchev–Trinajstić information content (AvgIpc) is 3.22. The molecule has 2 rings (SSSR count). The Kier molecular flexibility index (Phi) is 4.20. The summed E-state index contributed by atoms with van der Waals surface area (Å²) in [7, 11) is 1.47. The summed E-state index contributed by atoms with van der Waals surface area (Å²) in [5, 5.41) is 13.9. The molecule has 1 fully saturated rings. The fourth-order valence-corrected chi connectivity index (χ4v) is 1.71. The Morgan fingerprint density at radius 3 is 2.80 bits per heavy atom. The highest BCUT2D eigenvalue weighted by atomic mass is 16.5. The van der Waals surface area contributed by atoms with Crippen LogP contribution >= 0.6 is 0 Å². The summed E-state index contributed by atoms with van der Waals surface area (Å²) in [5.41, 5.74) is 0.834. The Balaban J connectivity index is 2.16. The molecule has 0 atom stereocenters. The number of hydrogen-bond donors (Lipinski definition) is 2. The predicted molar refractivity (Wildman–Crippen MR) is 72.3 cm³/mol. The van der Waals surface area contributed by atoms with Gasteiger partial charge in [-0.15, -0.1) is 0 Å². The molecule has 2 amide bonds. The number of benzene rings is 1. The molecule has 1 saturated carbocycles. The molecule has 20 heavy (non-hydrogen) atoms. The summed E-state index contributed by atoms with van der Waals surface area (Å²) >= 11 is 0. The number of nitrogens with one attached hydrogen (secondary N) is 2. The van der Waals surface area contributed by atoms with Gasteiger partial charge in [-0.1, -0.05) is 0 Å². The second-order valence-electron chi connectivity index (χ2n) is 4.55. The number of methoxy groups -OCH3 is 1. The number of anilines is 1. The summed E-state index contributed by atoms with van der Waals surface area (Å²) in [6.45, 7) is 0. The molecule has 0 aliphatic heterocycles. The van der Waals surface area contributed by atoms with E-state index in [9.17, 15) is 9.59 Å². The summed E-state index contributed by atoms with van der Waals surface area (Å²) < 4.78 is 5.12. The molecule has 0 spiro atoms. The quantitative estimate of drug-likeness (QED) is 0.849. The van der Waals surface area contributed by atoms with Crippen molar-refractivity contribution in [3.05, 3.63) is 23.8 Å². The van der Waals surface area contributed by atoms with Crippen LogP contribution in [0.5, 0.6) is 5.75 Å². The maximum absolute atomic E-state index is 11.9. The Morgan fingerprint density at radius 2 is 2.20 bits per heavy atom. The largest absolute Gasteiger partial charge is 0.495 e. The van der Waals surface area contributed by atoms with Crippen molar-refractivity contribution in [1.82, 2.24) is 5.32 Å². The van der Waals surface area contributed by atoms with Crippen LogP contribution in [0.25, 0.3) is 0 Å². The van der Waals surface area contributed by atoms with E-state index < -0.39 is 5.91 Å². The van der Waals surface area contributed by atoms with E-state index in [1.807, 2.05) is 0 Å². The van der Waals surface area contributed by atoms with E-state index >= 15 is 0 Å². The van der Waals surface area contributed by atoms with Gasteiger partial charge in [0.25, 0.3) is 5.91 Å². The predicted octanol–water partition coefficient (Wildman–Crippen LogP) is 1.44. The lowest BCUT2D eigenvalue weighted by Gasteiger charge is -2.11. The first-order valence-corrected chi connectivity index (χ1v) is 6.29. The van der Waals surface area contributed by atoms with Gasteiger partial charge in [0.2, 0.25) is 5.91 Å². The maximum atomic E-state index is 11.9. The van der Waals surface area contributed by atoms with E-state index in [4.69, 9.17) is 10.00 Å². The van der Waals surface area contributed by atoms with Gasteiger partial charge in [-0.05, 0) is 31.0 Å². The molecule has 104 valence electrons. The number of amides is 2. The second kappa shape index (κ2) is 6.06. The number of nitriles is 1. The van der Waals surface area contributed by atoms with Gasteiger partial charge < -0.3 is 15.4 Å². The van der Waals surface area contributed by atoms with Gasteiger partial charge in [-0.25, -0.2) is 0 Å². The highest BCUT2D eigenvalue weighted by molar-refractivity contribution is 5.99. The lowest BCUT2D eigenvalue weighted by Crippen LogP contribution is -2.25. The van der Waals surface area contributed by atoms with Crippen molar-refractivity contribution in [2.45, 2.75) is 25.3 Å². The number of ether oxygens (including phenoxy) is 1. The van der Waals surface area contributed by atoms with E-state index in [1.54, 1.807) is 24.3 Å². The van der Waals surface area contributed by atoms with Gasteiger partial charge >= 0.3 is 0 Å². The third-order valence-corrected chi connectivity index (χ3v) is 2.89. The van der Waals surface area contributed by atoms with Crippen LogP contribution in [-0.4, -0.2) is 25.0 Å². The Labute approximate surface area is 116 Å². The minimum atomic E-state index is -0.439. The Morgan fingerprint density at radius 1 is 1.45 bits per heavy atom. The van der Waals surface area contributed by atoms with Crippen molar-refractivity contribution in [1.29, 1.82) is 5.26 Å². The number of hydrogen-bond acceptors (Lipinski definition) is 4. The zero-order valence-electron chi connectivity index (χ0n) is 11.1. The van der Waals surface area contributed by atoms with Crippen molar-refractivity contribution in [2.75, 3.05) is 12.4 Å². The maximum Gasteiger partial charge on any atom is 0.251 e. The van der Waals surface area contributed by atoms with Gasteiger partial charge in [-0.3, -0.25) is 9.59 Å². The number of carbonyl (C=O) groups excluding carboxylic acids is 2. The summed E-state index contributed by atoms with van der Waals surface area (Å²) in [4.78, 5) is 23.4. The van der Waals surface area contributed by atoms with E-state index in [0.29, 0.717) is 17.0 Å². The molecule has 0 aromatic heterocycles. The minimum Gasteiger partial charge on any atom is -0.495 e. The third-order valence-electron chi connectivity index (χ3n) is 2.89. The molecule has 6 heteroatoms. The first kappa shape index (κ1) is 13.9. The Bertz CT molecular complexity index is 574. The van der Waals surface area contributed by atoms with Crippen molar-refractivity contribution in [2.24, 2.45) is 0 Å². The number of rotatable bonds is 5. The van der Waals surface area contributed by atoms with E-state index in [0.717, 1.165) is 12.8 Å². The fraction of sp³-hybridized carbons (Fsp3) is 0.357. The molecular weight excluding hydrogens is 258 g/mol. The number of carbonyl (C=O) groups is 2. The molecule has 0 unspecified atom stereocenters. The molecule has 1 aliphatic rings. The van der Waals surface area contributed by atoms with Crippen molar-refractivity contribution >= 4 is 17.5 Å². The van der Waals surface area contributed by atoms with Gasteiger partial charge in [-0.2, -0.15) is 5.26 Å². The first-order chi connectivity index (χ1) is 9.63. The standard InChI is InChI=1S/C14H15N3O3/c1-20-12-5-2-9(14(19)16-10-3-4-10)8-11(12)17-13(18)6-7-15/h2,5,8,10H,3-4,6H2,1H3,(H,16,19)(H,17,18). The van der Waals surface area contributed by atoms with Crippen LogP contribution in [0.2, 0.25) is 0 Å². The molecule has 1 aromatic carbocycles. The fourth-order valence-electron chi connectivity index (χ4n) is 1.71. The van der Waals surface area contributed by atoms with Crippen LogP contribution in [0.4, 0.5) is 5.69 Å². The van der Waals surface area contributed by atoms with Crippen LogP contribution in [0.15, 0.2) is 18.2 Å². The molecule has 6 nitrogen and oxygen atoms in total. The Hall–Kier alpha value is -2.55. The van der Waals surface area contributed by atoms with E-state index in [1.165, 1.54) is 7.11 Å². The molecule has 0 radical (unpaired) electrons. The molecule has 0 bridgehead atoms. The van der Waals surface area contributed by atoms with E-state index in [2.05, 4.69) is 10.6 Å². The first-order valence-electron chi connectivity index (χ1n) is 6.29. The highest BCUT2D eigenvalue weighted by Crippen LogP contribution is 2.26. The van der Waals surface area contributed by atoms with Gasteiger partial charge in [0.05, 0.1) is 18.9 Å². The van der Waals surface area contributed by atoms with Crippen LogP contribution < -0.4 is 15.4 Å². The van der Waals surface area contributed by atoms with Crippen molar-refractivity contribution in [3.63, 3.8) is 0 Å². The minimum absolute atomic E-state index is 0.175. The smallest absolute Gasteiger partial charge is 0.251 e. The van der Waals surface area contributed by atoms with Crippen LogP contribution in [0, 0.1) is 11.3 Å². The van der Waals surface area contributed by atoms with E-state index in [-0.39, 0.29) is 18.4 Å². The molecule has 0 heterocycles. The zero-order valence-corrected chi connectivity index (χ0v) is 11.1. The van der Waals surface area contributed by atoms with Gasteiger partial charge in [0.1, 0.15) is 12.2 Å². The zero-order chi connectivity index (χ0) is 14.5. The summed E-state index contributed by atoms with van der Waals surface area (Å²) in [6, 6.07) is 6.83. The normalized spacial score (nSPS) is 13.2. The molecule has 0 saturated heterocycles. The van der Waals surface area contributed by atoms with Gasteiger partial charge in [0, 0.05) is 11.6 Å². The molecular formula is C14H15N3O3. The van der Waals surface area contributed by atoms with Crippen molar-refractivity contribution in [3.8, 4) is 11.8 Å².